The fourth-order valence-electron chi connectivity index (χ4n) is 7.56. The fraction of sp³-hybridized carbons (Fsp3) is 0.796. The Hall–Kier alpha value is -3.53. The third kappa shape index (κ3) is 31.5. The molecule has 9 atom stereocenters. The summed E-state index contributed by atoms with van der Waals surface area (Å²) in [6.45, 7) is 3.10. The van der Waals surface area contributed by atoms with Crippen molar-refractivity contribution in [3.8, 4) is 5.75 Å². The smallest absolute Gasteiger partial charge is 0.306 e. The topological polar surface area (TPSA) is 386 Å². The van der Waals surface area contributed by atoms with Gasteiger partial charge in [0.1, 0.15) is 35.7 Å². The maximum Gasteiger partial charge on any atom is 0.306 e. The molecule has 452 valence electrons. The molecule has 0 spiro atoms. The van der Waals surface area contributed by atoms with E-state index in [0.29, 0.717) is 19.4 Å². The molecule has 2 aliphatic rings. The van der Waals surface area contributed by atoms with E-state index < -0.39 is 81.3 Å². The molecule has 4 amide bonds. The molecule has 28 nitrogen and oxygen atoms in total. The van der Waals surface area contributed by atoms with E-state index in [1.807, 2.05) is 6.92 Å². The third-order valence-electron chi connectivity index (χ3n) is 11.7. The van der Waals surface area contributed by atoms with Crippen LogP contribution in [0.5, 0.6) is 5.75 Å². The van der Waals surface area contributed by atoms with E-state index in [4.69, 9.17) is 69.1 Å². The largest absolute Gasteiger partial charge is 0.433 e. The van der Waals surface area contributed by atoms with Gasteiger partial charge in [-0.1, -0.05) is 19.1 Å². The molecule has 1 aromatic carbocycles. The number of benzene rings is 1. The van der Waals surface area contributed by atoms with Gasteiger partial charge in [-0.2, -0.15) is 0 Å². The van der Waals surface area contributed by atoms with Crippen LogP contribution < -0.4 is 25.8 Å². The van der Waals surface area contributed by atoms with E-state index in [0.717, 1.165) is 5.56 Å². The van der Waals surface area contributed by atoms with Crippen LogP contribution in [0.1, 0.15) is 57.4 Å². The molecule has 9 unspecified atom stereocenters. The second-order valence-corrected chi connectivity index (χ2v) is 19.7. The minimum absolute atomic E-state index is 0.0265. The number of carbonyl (C=O) groups is 4. The van der Waals surface area contributed by atoms with Gasteiger partial charge in [0.05, 0.1) is 125 Å². The molecular formula is C49H84BN4O24P. The predicted molar refractivity (Wildman–Crippen MR) is 277 cm³/mol. The molecule has 2 heterocycles. The molecule has 2 saturated heterocycles. The van der Waals surface area contributed by atoms with E-state index in [-0.39, 0.29) is 181 Å². The van der Waals surface area contributed by atoms with Gasteiger partial charge in [0, 0.05) is 64.8 Å². The SMILES string of the molecule is [B]P(=O)(O)Oc1ccc(CCC(=O)NCCOCCOCCC(=O)NC(COCCC)(COCCC(=O)NCCOCCOC2CC(O)C(O)C(CO)O2)COCCC(=O)NCCOCCOC2CC(O)C(O)C(CO)O2)cc1. The minimum atomic E-state index is -4.17. The Labute approximate surface area is 461 Å². The lowest BCUT2D eigenvalue weighted by atomic mass is 10.0. The van der Waals surface area contributed by atoms with Gasteiger partial charge in [-0.3, -0.25) is 23.7 Å². The molecule has 2 radical (unpaired) electrons. The zero-order chi connectivity index (χ0) is 57.7. The van der Waals surface area contributed by atoms with Crippen LogP contribution in [0.2, 0.25) is 0 Å². The van der Waals surface area contributed by atoms with Crippen molar-refractivity contribution in [2.75, 3.05) is 139 Å². The number of amides is 4. The second kappa shape index (κ2) is 40.6. The molecule has 2 aliphatic heterocycles. The molecule has 30 heteroatoms. The number of hydrogen-bond donors (Lipinski definition) is 11. The predicted octanol–water partition coefficient (Wildman–Crippen LogP) is -3.14. The summed E-state index contributed by atoms with van der Waals surface area (Å²) in [7, 11) is 0.842. The Morgan fingerprint density at radius 3 is 1.43 bits per heavy atom. The Bertz CT molecular complexity index is 1810. The van der Waals surface area contributed by atoms with Crippen molar-refractivity contribution in [1.82, 2.24) is 21.3 Å². The molecule has 0 saturated carbocycles. The highest BCUT2D eigenvalue weighted by molar-refractivity contribution is 7.79. The normalized spacial score (nSPS) is 22.8. The van der Waals surface area contributed by atoms with E-state index in [1.165, 1.54) is 12.1 Å². The van der Waals surface area contributed by atoms with Crippen molar-refractivity contribution in [3.05, 3.63) is 29.8 Å². The van der Waals surface area contributed by atoms with E-state index >= 15 is 0 Å². The lowest BCUT2D eigenvalue weighted by molar-refractivity contribution is -0.258. The molecular weight excluding hydrogens is 1070 g/mol. The molecule has 11 N–H and O–H groups in total. The number of carbonyl (C=O) groups excluding carboxylic acids is 4. The van der Waals surface area contributed by atoms with Gasteiger partial charge in [-0.15, -0.1) is 0 Å². The average Bonchev–Trinajstić information content (AvgIpc) is 3.41. The van der Waals surface area contributed by atoms with Gasteiger partial charge in [-0.25, -0.2) is 0 Å². The third-order valence-corrected chi connectivity index (χ3v) is 12.2. The number of aryl methyl sites for hydroxylation is 1. The number of nitrogens with one attached hydrogen (secondary N) is 4. The Balaban J connectivity index is 1.39. The maximum absolute atomic E-state index is 13.4. The summed E-state index contributed by atoms with van der Waals surface area (Å²) in [5, 5.41) is 69.5. The first-order valence-electron chi connectivity index (χ1n) is 26.5. The van der Waals surface area contributed by atoms with Crippen LogP contribution in [0.15, 0.2) is 24.3 Å². The first-order chi connectivity index (χ1) is 38.0. The van der Waals surface area contributed by atoms with E-state index in [1.54, 1.807) is 12.1 Å². The number of hydrogen-bond acceptors (Lipinski definition) is 23. The molecule has 0 bridgehead atoms. The summed E-state index contributed by atoms with van der Waals surface area (Å²) in [6.07, 6.45) is -6.93. The first-order valence-corrected chi connectivity index (χ1v) is 28.1. The summed E-state index contributed by atoms with van der Waals surface area (Å²) in [6, 6.07) is 6.30. The Morgan fingerprint density at radius 2 is 0.987 bits per heavy atom. The first kappa shape index (κ1) is 69.7. The number of rotatable bonds is 45. The lowest BCUT2D eigenvalue weighted by Crippen LogP contribution is -2.59. The average molecular weight is 1160 g/mol. The van der Waals surface area contributed by atoms with Crippen molar-refractivity contribution in [3.63, 3.8) is 0 Å². The molecule has 79 heavy (non-hydrogen) atoms. The quantitative estimate of drug-likeness (QED) is 0.0175. The summed E-state index contributed by atoms with van der Waals surface area (Å²) < 4.78 is 77.8. The minimum Gasteiger partial charge on any atom is -0.433 e. The number of aliphatic hydroxyl groups is 6. The molecule has 3 rings (SSSR count). The van der Waals surface area contributed by atoms with Crippen molar-refractivity contribution in [2.24, 2.45) is 0 Å². The van der Waals surface area contributed by atoms with Crippen LogP contribution in [-0.4, -0.2) is 260 Å². The highest BCUT2D eigenvalue weighted by Crippen LogP contribution is 2.36. The Morgan fingerprint density at radius 1 is 0.582 bits per heavy atom. The monoisotopic (exact) mass is 1150 g/mol. The molecule has 1 aromatic rings. The van der Waals surface area contributed by atoms with Gasteiger partial charge in [0.15, 0.2) is 12.6 Å². The van der Waals surface area contributed by atoms with Crippen LogP contribution in [0.25, 0.3) is 0 Å². The van der Waals surface area contributed by atoms with Crippen LogP contribution in [0, 0.1) is 0 Å². The van der Waals surface area contributed by atoms with E-state index in [9.17, 15) is 54.4 Å². The van der Waals surface area contributed by atoms with Crippen molar-refractivity contribution in [1.29, 1.82) is 0 Å². The fourth-order valence-corrected chi connectivity index (χ4v) is 7.99. The van der Waals surface area contributed by atoms with Crippen LogP contribution in [-0.2, 0) is 82.3 Å². The second-order valence-electron chi connectivity index (χ2n) is 18.4. The molecule has 2 fully saturated rings. The van der Waals surface area contributed by atoms with Gasteiger partial charge >= 0.3 is 7.47 Å². The summed E-state index contributed by atoms with van der Waals surface area (Å²) in [5.41, 5.74) is -0.423. The summed E-state index contributed by atoms with van der Waals surface area (Å²) in [5.74, 6) is -1.12. The summed E-state index contributed by atoms with van der Waals surface area (Å²) >= 11 is 0. The zero-order valence-electron chi connectivity index (χ0n) is 45.0. The highest BCUT2D eigenvalue weighted by atomic mass is 31.2. The molecule has 0 aliphatic carbocycles. The Kier molecular flexibility index (Phi) is 35.9. The van der Waals surface area contributed by atoms with Crippen LogP contribution in [0.4, 0.5) is 0 Å². The van der Waals surface area contributed by atoms with Gasteiger partial charge in [0.25, 0.3) is 7.57 Å². The van der Waals surface area contributed by atoms with Crippen LogP contribution in [0.3, 0.4) is 0 Å². The van der Waals surface area contributed by atoms with Gasteiger partial charge < -0.3 is 113 Å². The van der Waals surface area contributed by atoms with Crippen LogP contribution >= 0.6 is 7.47 Å². The zero-order valence-corrected chi connectivity index (χ0v) is 45.9. The standard InChI is InChI=1S/C49H84BN4O24P/c1-2-15-71-32-49(33-72-17-9-42(60)52-13-20-69-24-26-74-45-28-37(57)47(63)39(30-55)76-45,34-73-18-10-43(61)53-14-21-70-25-27-75-46-29-38(58)48(64)40(31-56)77-46)54-44(62)11-16-67-22-23-68-19-12-51-41(59)8-5-35-3-6-36(7-4-35)78-79(50,65)66/h3-4,6-7,37-40,45-48,55-58,63-64H,2,5,8-34H2,1H3,(H,51,59)(H,52,60)(H,53,61)(H,54,62)(H,65,66). The number of aliphatic hydroxyl groups excluding tert-OH is 6. The van der Waals surface area contributed by atoms with Crippen molar-refractivity contribution >= 4 is 38.7 Å². The van der Waals surface area contributed by atoms with Crippen molar-refractivity contribution in [2.45, 2.75) is 113 Å². The maximum atomic E-state index is 13.4. The van der Waals surface area contributed by atoms with Gasteiger partial charge in [-0.05, 0) is 30.5 Å². The molecule has 0 aromatic heterocycles. The number of ether oxygens (including phenoxy) is 11. The summed E-state index contributed by atoms with van der Waals surface area (Å²) in [4.78, 5) is 60.2. The van der Waals surface area contributed by atoms with Gasteiger partial charge in [0.2, 0.25) is 23.6 Å². The van der Waals surface area contributed by atoms with Crippen molar-refractivity contribution < 1.29 is 116 Å². The highest BCUT2D eigenvalue weighted by Gasteiger charge is 2.38. The lowest BCUT2D eigenvalue weighted by Gasteiger charge is -2.36. The van der Waals surface area contributed by atoms with E-state index in [2.05, 4.69) is 21.3 Å².